The molecule has 0 aliphatic heterocycles. The Labute approximate surface area is 107 Å². The van der Waals surface area contributed by atoms with Gasteiger partial charge in [0, 0.05) is 16.2 Å². The molecule has 84 valence electrons. The summed E-state index contributed by atoms with van der Waals surface area (Å²) in [6, 6.07) is 10.2. The van der Waals surface area contributed by atoms with E-state index in [1.54, 1.807) is 6.20 Å². The highest BCUT2D eigenvalue weighted by atomic mass is 79.9. The molecule has 1 N–H and O–H groups in total. The summed E-state index contributed by atoms with van der Waals surface area (Å²) in [4.78, 5) is 12.0. The summed E-state index contributed by atoms with van der Waals surface area (Å²) in [5.41, 5.74) is 3.98. The number of fused-ring (bicyclic) bond motifs is 1. The third-order valence-electron chi connectivity index (χ3n) is 2.60. The molecular weight excluding hydrogens is 278 g/mol. The Morgan fingerprint density at radius 3 is 2.94 bits per heavy atom. The fourth-order valence-corrected chi connectivity index (χ4v) is 2.13. The van der Waals surface area contributed by atoms with E-state index in [9.17, 15) is 0 Å². The molecule has 17 heavy (non-hydrogen) atoms. The second kappa shape index (κ2) is 3.96. The molecule has 0 bridgehead atoms. The summed E-state index contributed by atoms with van der Waals surface area (Å²) in [7, 11) is 0. The van der Waals surface area contributed by atoms with Crippen molar-refractivity contribution in [2.24, 2.45) is 0 Å². The normalized spacial score (nSPS) is 10.9. The maximum Gasteiger partial charge on any atom is 0.178 e. The highest BCUT2D eigenvalue weighted by Crippen LogP contribution is 2.21. The lowest BCUT2D eigenvalue weighted by atomic mass is 10.1. The number of rotatable bonds is 1. The maximum atomic E-state index is 4.48. The highest BCUT2D eigenvalue weighted by Gasteiger charge is 2.06. The number of aromatic amines is 1. The first kappa shape index (κ1) is 10.5. The molecule has 0 saturated carbocycles. The number of hydrogen-bond donors (Lipinski definition) is 1. The molecule has 3 nitrogen and oxygen atoms in total. The lowest BCUT2D eigenvalue weighted by Gasteiger charge is -1.97. The lowest BCUT2D eigenvalue weighted by Crippen LogP contribution is -1.81. The number of pyridine rings is 1. The van der Waals surface area contributed by atoms with Crippen molar-refractivity contribution in [3.63, 3.8) is 0 Å². The van der Waals surface area contributed by atoms with Gasteiger partial charge < -0.3 is 4.98 Å². The molecule has 0 amide bonds. The fourth-order valence-electron chi connectivity index (χ4n) is 1.80. The highest BCUT2D eigenvalue weighted by molar-refractivity contribution is 9.10. The lowest BCUT2D eigenvalue weighted by molar-refractivity contribution is 1.29. The van der Waals surface area contributed by atoms with Gasteiger partial charge in [0.05, 0.1) is 5.52 Å². The number of aryl methyl sites for hydroxylation is 1. The Kier molecular flexibility index (Phi) is 2.44. The molecule has 2 aromatic heterocycles. The van der Waals surface area contributed by atoms with Crippen LogP contribution in [0.4, 0.5) is 0 Å². The van der Waals surface area contributed by atoms with E-state index >= 15 is 0 Å². The average Bonchev–Trinajstić information content (AvgIpc) is 2.72. The second-order valence-electron chi connectivity index (χ2n) is 3.98. The first-order valence-corrected chi connectivity index (χ1v) is 6.10. The number of H-pyrrole nitrogens is 1. The van der Waals surface area contributed by atoms with Crippen molar-refractivity contribution in [3.8, 4) is 11.4 Å². The number of hydrogen-bond acceptors (Lipinski definition) is 2. The molecular formula is C13H10BrN3. The summed E-state index contributed by atoms with van der Waals surface area (Å²) in [6.45, 7) is 2.07. The minimum Gasteiger partial charge on any atom is -0.337 e. The van der Waals surface area contributed by atoms with Crippen LogP contribution in [-0.2, 0) is 0 Å². The van der Waals surface area contributed by atoms with Crippen LogP contribution in [0.25, 0.3) is 22.6 Å². The van der Waals surface area contributed by atoms with Crippen molar-refractivity contribution in [1.82, 2.24) is 15.0 Å². The number of imidazole rings is 1. The van der Waals surface area contributed by atoms with Gasteiger partial charge in [-0.05, 0) is 35.0 Å². The molecule has 0 unspecified atom stereocenters. The van der Waals surface area contributed by atoms with E-state index in [1.807, 2.05) is 18.2 Å². The predicted molar refractivity (Wildman–Crippen MR) is 71.8 cm³/mol. The number of aromatic nitrogens is 3. The maximum absolute atomic E-state index is 4.48. The SMILES string of the molecule is Cc1cccc(-c2nc3ncc(Br)cc3[nH]2)c1. The van der Waals surface area contributed by atoms with Gasteiger partial charge >= 0.3 is 0 Å². The second-order valence-corrected chi connectivity index (χ2v) is 4.90. The first-order chi connectivity index (χ1) is 8.22. The third kappa shape index (κ3) is 1.96. The molecule has 0 spiro atoms. The van der Waals surface area contributed by atoms with Crippen LogP contribution < -0.4 is 0 Å². The molecule has 2 heterocycles. The zero-order valence-corrected chi connectivity index (χ0v) is 10.8. The van der Waals surface area contributed by atoms with Crippen molar-refractivity contribution in [3.05, 3.63) is 46.6 Å². The van der Waals surface area contributed by atoms with Crippen LogP contribution in [0.5, 0.6) is 0 Å². The van der Waals surface area contributed by atoms with E-state index in [2.05, 4.69) is 49.9 Å². The summed E-state index contributed by atoms with van der Waals surface area (Å²) in [5, 5.41) is 0. The molecule has 0 fully saturated rings. The Morgan fingerprint density at radius 2 is 2.12 bits per heavy atom. The van der Waals surface area contributed by atoms with Crippen LogP contribution in [0, 0.1) is 6.92 Å². The zero-order chi connectivity index (χ0) is 11.8. The van der Waals surface area contributed by atoms with Crippen LogP contribution in [0.2, 0.25) is 0 Å². The van der Waals surface area contributed by atoms with Crippen molar-refractivity contribution >= 4 is 27.1 Å². The predicted octanol–water partition coefficient (Wildman–Crippen LogP) is 3.70. The van der Waals surface area contributed by atoms with Crippen LogP contribution in [0.3, 0.4) is 0 Å². The Morgan fingerprint density at radius 1 is 1.24 bits per heavy atom. The van der Waals surface area contributed by atoms with Crippen LogP contribution in [0.1, 0.15) is 5.56 Å². The van der Waals surface area contributed by atoms with E-state index in [0.717, 1.165) is 27.0 Å². The van der Waals surface area contributed by atoms with Crippen molar-refractivity contribution in [1.29, 1.82) is 0 Å². The average molecular weight is 288 g/mol. The molecule has 3 rings (SSSR count). The monoisotopic (exact) mass is 287 g/mol. The quantitative estimate of drug-likeness (QED) is 0.742. The molecule has 0 aliphatic rings. The van der Waals surface area contributed by atoms with Crippen LogP contribution in [-0.4, -0.2) is 15.0 Å². The van der Waals surface area contributed by atoms with E-state index in [0.29, 0.717) is 0 Å². The smallest absolute Gasteiger partial charge is 0.178 e. The Balaban J connectivity index is 2.18. The Hall–Kier alpha value is -1.68. The van der Waals surface area contributed by atoms with E-state index in [4.69, 9.17) is 0 Å². The van der Waals surface area contributed by atoms with E-state index < -0.39 is 0 Å². The summed E-state index contributed by atoms with van der Waals surface area (Å²) in [6.07, 6.45) is 1.75. The molecule has 1 aromatic carbocycles. The van der Waals surface area contributed by atoms with Gasteiger partial charge in [0.15, 0.2) is 5.65 Å². The van der Waals surface area contributed by atoms with Gasteiger partial charge in [0.2, 0.25) is 0 Å². The van der Waals surface area contributed by atoms with Crippen molar-refractivity contribution < 1.29 is 0 Å². The minimum absolute atomic E-state index is 0.740. The Bertz CT molecular complexity index is 688. The minimum atomic E-state index is 0.740. The number of nitrogens with one attached hydrogen (secondary N) is 1. The molecule has 4 heteroatoms. The largest absolute Gasteiger partial charge is 0.337 e. The van der Waals surface area contributed by atoms with Gasteiger partial charge in [-0.15, -0.1) is 0 Å². The number of nitrogens with zero attached hydrogens (tertiary/aromatic N) is 2. The van der Waals surface area contributed by atoms with Gasteiger partial charge in [-0.3, -0.25) is 0 Å². The van der Waals surface area contributed by atoms with Crippen molar-refractivity contribution in [2.75, 3.05) is 0 Å². The van der Waals surface area contributed by atoms with E-state index in [-0.39, 0.29) is 0 Å². The molecule has 0 atom stereocenters. The van der Waals surface area contributed by atoms with Crippen molar-refractivity contribution in [2.45, 2.75) is 6.92 Å². The molecule has 0 radical (unpaired) electrons. The molecule has 3 aromatic rings. The number of benzene rings is 1. The summed E-state index contributed by atoms with van der Waals surface area (Å²) in [5.74, 6) is 0.856. The third-order valence-corrected chi connectivity index (χ3v) is 3.03. The standard InChI is InChI=1S/C13H10BrN3/c1-8-3-2-4-9(5-8)12-16-11-6-10(14)7-15-13(11)17-12/h2-7H,1H3,(H,15,16,17). The number of halogens is 1. The van der Waals surface area contributed by atoms with Gasteiger partial charge in [0.1, 0.15) is 5.82 Å². The molecule has 0 saturated heterocycles. The van der Waals surface area contributed by atoms with Crippen LogP contribution >= 0.6 is 15.9 Å². The van der Waals surface area contributed by atoms with Gasteiger partial charge in [0.25, 0.3) is 0 Å². The van der Waals surface area contributed by atoms with E-state index in [1.165, 1.54) is 5.56 Å². The molecule has 0 aliphatic carbocycles. The van der Waals surface area contributed by atoms with Gasteiger partial charge in [-0.2, -0.15) is 0 Å². The fraction of sp³-hybridized carbons (Fsp3) is 0.0769. The zero-order valence-electron chi connectivity index (χ0n) is 9.24. The summed E-state index contributed by atoms with van der Waals surface area (Å²) >= 11 is 3.40. The topological polar surface area (TPSA) is 41.6 Å². The van der Waals surface area contributed by atoms with Gasteiger partial charge in [-0.1, -0.05) is 23.8 Å². The first-order valence-electron chi connectivity index (χ1n) is 5.31. The van der Waals surface area contributed by atoms with Gasteiger partial charge in [-0.25, -0.2) is 9.97 Å². The van der Waals surface area contributed by atoms with Crippen LogP contribution in [0.15, 0.2) is 41.0 Å². The summed E-state index contributed by atoms with van der Waals surface area (Å²) < 4.78 is 0.949.